The molecule has 1 N–H and O–H groups in total. The van der Waals surface area contributed by atoms with Crippen molar-refractivity contribution in [2.45, 2.75) is 6.61 Å². The first kappa shape index (κ1) is 13.3. The smallest absolute Gasteiger partial charge is 0.335 e. The summed E-state index contributed by atoms with van der Waals surface area (Å²) in [5, 5.41) is 17.3. The molecule has 3 rings (SSSR count). The van der Waals surface area contributed by atoms with Crippen molar-refractivity contribution in [3.8, 4) is 5.69 Å². The van der Waals surface area contributed by atoms with Crippen LogP contribution >= 0.6 is 0 Å². The molecule has 3 aromatic rings. The van der Waals surface area contributed by atoms with Crippen molar-refractivity contribution < 1.29 is 14.6 Å². The van der Waals surface area contributed by atoms with Gasteiger partial charge in [-0.2, -0.15) is 0 Å². The molecule has 106 valence electrons. The Hall–Kier alpha value is -2.73. The second-order valence-corrected chi connectivity index (χ2v) is 4.61. The summed E-state index contributed by atoms with van der Waals surface area (Å²) in [4.78, 5) is 11.1. The standard InChI is InChI=1S/C15H13N3O3/c1-21-9-10-3-2-4-12(7-10)18-14-8-11(15(19)20)5-6-13(14)16-17-18/h2-8H,9H2,1H3,(H,19,20). The summed E-state index contributed by atoms with van der Waals surface area (Å²) >= 11 is 0. The van der Waals surface area contributed by atoms with Crippen LogP contribution in [0, 0.1) is 0 Å². The van der Waals surface area contributed by atoms with Crippen molar-refractivity contribution in [2.24, 2.45) is 0 Å². The van der Waals surface area contributed by atoms with Crippen molar-refractivity contribution in [1.29, 1.82) is 0 Å². The van der Waals surface area contributed by atoms with E-state index in [-0.39, 0.29) is 5.56 Å². The van der Waals surface area contributed by atoms with Gasteiger partial charge in [0.25, 0.3) is 0 Å². The van der Waals surface area contributed by atoms with Crippen molar-refractivity contribution in [1.82, 2.24) is 15.0 Å². The Morgan fingerprint density at radius 1 is 1.29 bits per heavy atom. The Labute approximate surface area is 120 Å². The molecule has 2 aromatic carbocycles. The van der Waals surface area contributed by atoms with Crippen molar-refractivity contribution >= 4 is 17.0 Å². The highest BCUT2D eigenvalue weighted by atomic mass is 16.5. The van der Waals surface area contributed by atoms with Crippen molar-refractivity contribution in [3.05, 3.63) is 53.6 Å². The Morgan fingerprint density at radius 3 is 2.90 bits per heavy atom. The number of ether oxygens (including phenoxy) is 1. The number of fused-ring (bicyclic) bond motifs is 1. The number of rotatable bonds is 4. The van der Waals surface area contributed by atoms with Gasteiger partial charge in [0.05, 0.1) is 23.4 Å². The van der Waals surface area contributed by atoms with Crippen LogP contribution in [0.3, 0.4) is 0 Å². The van der Waals surface area contributed by atoms with Gasteiger partial charge in [0.15, 0.2) is 0 Å². The third-order valence-electron chi connectivity index (χ3n) is 3.16. The number of nitrogens with zero attached hydrogens (tertiary/aromatic N) is 3. The van der Waals surface area contributed by atoms with Gasteiger partial charge in [0, 0.05) is 7.11 Å². The molecular formula is C15H13N3O3. The predicted molar refractivity (Wildman–Crippen MR) is 76.5 cm³/mol. The molecule has 0 amide bonds. The summed E-state index contributed by atoms with van der Waals surface area (Å²) in [6.07, 6.45) is 0. The molecule has 0 unspecified atom stereocenters. The molecule has 0 aliphatic carbocycles. The molecule has 0 atom stereocenters. The topological polar surface area (TPSA) is 77.2 Å². The quantitative estimate of drug-likeness (QED) is 0.794. The van der Waals surface area contributed by atoms with E-state index in [1.54, 1.807) is 23.9 Å². The van der Waals surface area contributed by atoms with E-state index in [0.29, 0.717) is 17.6 Å². The molecule has 0 fully saturated rings. The normalized spacial score (nSPS) is 10.9. The van der Waals surface area contributed by atoms with Crippen LogP contribution < -0.4 is 0 Å². The minimum Gasteiger partial charge on any atom is -0.478 e. The van der Waals surface area contributed by atoms with E-state index in [4.69, 9.17) is 9.84 Å². The number of methoxy groups -OCH3 is 1. The van der Waals surface area contributed by atoms with E-state index in [0.717, 1.165) is 11.3 Å². The monoisotopic (exact) mass is 283 g/mol. The number of carboxylic acids is 1. The Balaban J connectivity index is 2.13. The number of hydrogen-bond donors (Lipinski definition) is 1. The minimum absolute atomic E-state index is 0.207. The molecule has 0 bridgehead atoms. The van der Waals surface area contributed by atoms with Gasteiger partial charge in [0.2, 0.25) is 0 Å². The van der Waals surface area contributed by atoms with E-state index in [1.165, 1.54) is 6.07 Å². The lowest BCUT2D eigenvalue weighted by Gasteiger charge is -2.05. The Bertz CT molecular complexity index is 811. The predicted octanol–water partition coefficient (Wildman–Crippen LogP) is 2.27. The number of hydrogen-bond acceptors (Lipinski definition) is 4. The van der Waals surface area contributed by atoms with Gasteiger partial charge in [-0.3, -0.25) is 0 Å². The lowest BCUT2D eigenvalue weighted by molar-refractivity contribution is 0.0697. The lowest BCUT2D eigenvalue weighted by Crippen LogP contribution is -2.00. The van der Waals surface area contributed by atoms with Crippen LogP contribution in [-0.4, -0.2) is 33.2 Å². The number of aromatic carboxylic acids is 1. The average Bonchev–Trinajstić information content (AvgIpc) is 2.90. The molecule has 0 aliphatic rings. The zero-order valence-electron chi connectivity index (χ0n) is 11.4. The van der Waals surface area contributed by atoms with Gasteiger partial charge in [-0.05, 0) is 35.9 Å². The van der Waals surface area contributed by atoms with Crippen LogP contribution in [0.1, 0.15) is 15.9 Å². The molecule has 1 aromatic heterocycles. The maximum absolute atomic E-state index is 11.1. The molecule has 6 nitrogen and oxygen atoms in total. The number of aromatic nitrogens is 3. The zero-order chi connectivity index (χ0) is 14.8. The molecule has 6 heteroatoms. The third kappa shape index (κ3) is 2.48. The Morgan fingerprint density at radius 2 is 2.14 bits per heavy atom. The first-order valence-electron chi connectivity index (χ1n) is 6.36. The van der Waals surface area contributed by atoms with Crippen LogP contribution in [0.4, 0.5) is 0 Å². The summed E-state index contributed by atoms with van der Waals surface area (Å²) in [6, 6.07) is 12.4. The fraction of sp³-hybridized carbons (Fsp3) is 0.133. The summed E-state index contributed by atoms with van der Waals surface area (Å²) in [5.74, 6) is -0.974. The molecule has 21 heavy (non-hydrogen) atoms. The second kappa shape index (κ2) is 5.34. The average molecular weight is 283 g/mol. The highest BCUT2D eigenvalue weighted by Gasteiger charge is 2.10. The second-order valence-electron chi connectivity index (χ2n) is 4.61. The molecule has 0 radical (unpaired) electrons. The number of carbonyl (C=O) groups is 1. The van der Waals surface area contributed by atoms with Gasteiger partial charge < -0.3 is 9.84 Å². The van der Waals surface area contributed by atoms with E-state index in [1.807, 2.05) is 24.3 Å². The van der Waals surface area contributed by atoms with Gasteiger partial charge in [-0.15, -0.1) is 5.10 Å². The molecule has 0 saturated carbocycles. The Kier molecular flexibility index (Phi) is 3.37. The van der Waals surface area contributed by atoms with Gasteiger partial charge in [-0.25, -0.2) is 9.48 Å². The SMILES string of the molecule is COCc1cccc(-n2nnc3ccc(C(=O)O)cc32)c1. The van der Waals surface area contributed by atoms with Crippen LogP contribution in [0.25, 0.3) is 16.7 Å². The van der Waals surface area contributed by atoms with Gasteiger partial charge in [0.1, 0.15) is 5.52 Å². The zero-order valence-corrected chi connectivity index (χ0v) is 11.4. The minimum atomic E-state index is -0.974. The van der Waals surface area contributed by atoms with Crippen molar-refractivity contribution in [3.63, 3.8) is 0 Å². The number of benzene rings is 2. The van der Waals surface area contributed by atoms with Gasteiger partial charge >= 0.3 is 5.97 Å². The van der Waals surface area contributed by atoms with Crippen LogP contribution in [0.5, 0.6) is 0 Å². The van der Waals surface area contributed by atoms with Crippen molar-refractivity contribution in [2.75, 3.05) is 7.11 Å². The van der Waals surface area contributed by atoms with E-state index in [9.17, 15) is 4.79 Å². The summed E-state index contributed by atoms with van der Waals surface area (Å²) in [5.41, 5.74) is 3.34. The largest absolute Gasteiger partial charge is 0.478 e. The highest BCUT2D eigenvalue weighted by molar-refractivity contribution is 5.92. The van der Waals surface area contributed by atoms with Crippen LogP contribution in [0.2, 0.25) is 0 Å². The summed E-state index contributed by atoms with van der Waals surface area (Å²) in [6.45, 7) is 0.501. The fourth-order valence-corrected chi connectivity index (χ4v) is 2.19. The van der Waals surface area contributed by atoms with Crippen LogP contribution in [0.15, 0.2) is 42.5 Å². The first-order chi connectivity index (χ1) is 10.2. The number of carboxylic acid groups (broad SMARTS) is 1. The van der Waals surface area contributed by atoms with E-state index in [2.05, 4.69) is 10.3 Å². The highest BCUT2D eigenvalue weighted by Crippen LogP contribution is 2.19. The molecule has 0 saturated heterocycles. The molecule has 0 spiro atoms. The van der Waals surface area contributed by atoms with Gasteiger partial charge in [-0.1, -0.05) is 17.3 Å². The van der Waals surface area contributed by atoms with E-state index >= 15 is 0 Å². The van der Waals surface area contributed by atoms with Crippen LogP contribution in [-0.2, 0) is 11.3 Å². The van der Waals surface area contributed by atoms with E-state index < -0.39 is 5.97 Å². The fourth-order valence-electron chi connectivity index (χ4n) is 2.19. The molecule has 0 aliphatic heterocycles. The lowest BCUT2D eigenvalue weighted by atomic mass is 10.2. The first-order valence-corrected chi connectivity index (χ1v) is 6.36. The molecular weight excluding hydrogens is 270 g/mol. The maximum atomic E-state index is 11.1. The summed E-state index contributed by atoms with van der Waals surface area (Å²) < 4.78 is 6.74. The molecule has 1 heterocycles. The third-order valence-corrected chi connectivity index (χ3v) is 3.16. The summed E-state index contributed by atoms with van der Waals surface area (Å²) in [7, 11) is 1.64. The maximum Gasteiger partial charge on any atom is 0.335 e.